The zero-order valence-corrected chi connectivity index (χ0v) is 8.01. The molecular formula is C12H9N3. The Morgan fingerprint density at radius 2 is 1.87 bits per heavy atom. The normalized spacial score (nSPS) is 10.7. The van der Waals surface area contributed by atoms with Gasteiger partial charge in [-0.1, -0.05) is 30.3 Å². The molecule has 0 radical (unpaired) electrons. The summed E-state index contributed by atoms with van der Waals surface area (Å²) in [5.41, 5.74) is 3.72. The molecule has 2 heterocycles. The first-order valence-electron chi connectivity index (χ1n) is 4.79. The van der Waals surface area contributed by atoms with E-state index in [1.165, 1.54) is 0 Å². The number of aromatic amines is 1. The van der Waals surface area contributed by atoms with Crippen LogP contribution in [0.4, 0.5) is 0 Å². The van der Waals surface area contributed by atoms with E-state index in [9.17, 15) is 0 Å². The van der Waals surface area contributed by atoms with Crippen LogP contribution in [0.1, 0.15) is 0 Å². The van der Waals surface area contributed by atoms with Crippen LogP contribution in [-0.4, -0.2) is 15.0 Å². The van der Waals surface area contributed by atoms with Gasteiger partial charge in [0, 0.05) is 11.8 Å². The van der Waals surface area contributed by atoms with Crippen LogP contribution in [0.25, 0.3) is 22.4 Å². The van der Waals surface area contributed by atoms with E-state index in [4.69, 9.17) is 0 Å². The molecule has 2 aromatic heterocycles. The molecule has 0 aliphatic carbocycles. The molecule has 0 spiro atoms. The predicted octanol–water partition coefficient (Wildman–Crippen LogP) is 2.62. The molecule has 1 N–H and O–H groups in total. The van der Waals surface area contributed by atoms with Crippen molar-refractivity contribution in [1.82, 2.24) is 15.0 Å². The van der Waals surface area contributed by atoms with Crippen LogP contribution < -0.4 is 0 Å². The van der Waals surface area contributed by atoms with Crippen LogP contribution in [0, 0.1) is 0 Å². The van der Waals surface area contributed by atoms with Gasteiger partial charge < -0.3 is 4.98 Å². The lowest BCUT2D eigenvalue weighted by atomic mass is 10.2. The number of aromatic nitrogens is 3. The van der Waals surface area contributed by atoms with Crippen molar-refractivity contribution in [2.24, 2.45) is 0 Å². The summed E-state index contributed by atoms with van der Waals surface area (Å²) < 4.78 is 0. The highest BCUT2D eigenvalue weighted by Gasteiger charge is 2.01. The van der Waals surface area contributed by atoms with E-state index in [0.29, 0.717) is 0 Å². The van der Waals surface area contributed by atoms with E-state index in [-0.39, 0.29) is 0 Å². The average molecular weight is 195 g/mol. The summed E-state index contributed by atoms with van der Waals surface area (Å²) in [6, 6.07) is 12.0. The second-order valence-electron chi connectivity index (χ2n) is 3.33. The number of rotatable bonds is 1. The maximum atomic E-state index is 4.51. The fraction of sp³-hybridized carbons (Fsp3) is 0. The van der Waals surface area contributed by atoms with Crippen molar-refractivity contribution in [3.05, 3.63) is 48.8 Å². The average Bonchev–Trinajstić information content (AvgIpc) is 2.77. The zero-order chi connectivity index (χ0) is 10.1. The van der Waals surface area contributed by atoms with Crippen molar-refractivity contribution in [1.29, 1.82) is 0 Å². The molecule has 0 bridgehead atoms. The first kappa shape index (κ1) is 8.17. The number of benzene rings is 1. The Hall–Kier alpha value is -2.16. The van der Waals surface area contributed by atoms with E-state index in [1.54, 1.807) is 6.20 Å². The van der Waals surface area contributed by atoms with Crippen LogP contribution >= 0.6 is 0 Å². The van der Waals surface area contributed by atoms with Crippen molar-refractivity contribution in [3.8, 4) is 11.3 Å². The van der Waals surface area contributed by atoms with E-state index >= 15 is 0 Å². The quantitative estimate of drug-likeness (QED) is 0.648. The molecule has 15 heavy (non-hydrogen) atoms. The molecular weight excluding hydrogens is 186 g/mol. The number of H-pyrrole nitrogens is 1. The van der Waals surface area contributed by atoms with Gasteiger partial charge in [-0.15, -0.1) is 0 Å². The third-order valence-electron chi connectivity index (χ3n) is 2.33. The van der Waals surface area contributed by atoms with Crippen LogP contribution in [-0.2, 0) is 0 Å². The number of nitrogens with zero attached hydrogens (tertiary/aromatic N) is 2. The van der Waals surface area contributed by atoms with Gasteiger partial charge >= 0.3 is 0 Å². The molecule has 0 amide bonds. The van der Waals surface area contributed by atoms with Crippen molar-refractivity contribution in [2.45, 2.75) is 0 Å². The molecule has 72 valence electrons. The van der Waals surface area contributed by atoms with Crippen LogP contribution in [0.2, 0.25) is 0 Å². The fourth-order valence-electron chi connectivity index (χ4n) is 1.58. The van der Waals surface area contributed by atoms with Crippen molar-refractivity contribution in [2.75, 3.05) is 0 Å². The second-order valence-corrected chi connectivity index (χ2v) is 3.33. The molecule has 3 nitrogen and oxygen atoms in total. The van der Waals surface area contributed by atoms with Gasteiger partial charge in [-0.3, -0.25) is 0 Å². The summed E-state index contributed by atoms with van der Waals surface area (Å²) in [5, 5.41) is 0. The molecule has 0 fully saturated rings. The zero-order valence-electron chi connectivity index (χ0n) is 8.01. The smallest absolute Gasteiger partial charge is 0.156 e. The molecule has 3 rings (SSSR count). The Bertz CT molecular complexity index is 584. The van der Waals surface area contributed by atoms with Gasteiger partial charge in [0.2, 0.25) is 0 Å². The fourth-order valence-corrected chi connectivity index (χ4v) is 1.58. The van der Waals surface area contributed by atoms with Crippen molar-refractivity contribution >= 4 is 11.2 Å². The highest BCUT2D eigenvalue weighted by atomic mass is 14.9. The molecule has 3 aromatic rings. The minimum atomic E-state index is 0.828. The minimum absolute atomic E-state index is 0.828. The van der Waals surface area contributed by atoms with Crippen LogP contribution in [0.15, 0.2) is 48.8 Å². The Kier molecular flexibility index (Phi) is 1.75. The number of hydrogen-bond donors (Lipinski definition) is 1. The summed E-state index contributed by atoms with van der Waals surface area (Å²) >= 11 is 0. The third-order valence-corrected chi connectivity index (χ3v) is 2.33. The molecule has 0 saturated heterocycles. The van der Waals surface area contributed by atoms with Crippen molar-refractivity contribution in [3.63, 3.8) is 0 Å². The second kappa shape index (κ2) is 3.20. The van der Waals surface area contributed by atoms with E-state index in [1.807, 2.05) is 42.6 Å². The van der Waals surface area contributed by atoms with Gasteiger partial charge in [-0.05, 0) is 6.07 Å². The molecule has 0 atom stereocenters. The van der Waals surface area contributed by atoms with Crippen LogP contribution in [0.5, 0.6) is 0 Å². The monoisotopic (exact) mass is 195 g/mol. The van der Waals surface area contributed by atoms with E-state index in [2.05, 4.69) is 15.0 Å². The van der Waals surface area contributed by atoms with Gasteiger partial charge in [0.25, 0.3) is 0 Å². The Morgan fingerprint density at radius 1 is 1.00 bits per heavy atom. The van der Waals surface area contributed by atoms with Crippen LogP contribution in [0.3, 0.4) is 0 Å². The lowest BCUT2D eigenvalue weighted by Crippen LogP contribution is -1.86. The van der Waals surface area contributed by atoms with E-state index < -0.39 is 0 Å². The minimum Gasteiger partial charge on any atom is -0.345 e. The van der Waals surface area contributed by atoms with Gasteiger partial charge in [-0.25, -0.2) is 9.97 Å². The first-order valence-corrected chi connectivity index (χ1v) is 4.79. The number of hydrogen-bond acceptors (Lipinski definition) is 2. The lowest BCUT2D eigenvalue weighted by molar-refractivity contribution is 1.26. The van der Waals surface area contributed by atoms with Gasteiger partial charge in [0.1, 0.15) is 5.52 Å². The van der Waals surface area contributed by atoms with Gasteiger partial charge in [0.15, 0.2) is 5.65 Å². The highest BCUT2D eigenvalue weighted by molar-refractivity contribution is 5.73. The van der Waals surface area contributed by atoms with E-state index in [0.717, 1.165) is 22.4 Å². The maximum Gasteiger partial charge on any atom is 0.156 e. The number of nitrogens with one attached hydrogen (secondary N) is 1. The summed E-state index contributed by atoms with van der Waals surface area (Å²) in [6.45, 7) is 0. The SMILES string of the molecule is c1ccc(-c2cnc3[nH]ccc3n2)cc1. The van der Waals surface area contributed by atoms with Crippen molar-refractivity contribution < 1.29 is 0 Å². The molecule has 3 heteroatoms. The predicted molar refractivity (Wildman–Crippen MR) is 59.3 cm³/mol. The summed E-state index contributed by atoms with van der Waals surface area (Å²) in [5.74, 6) is 0. The maximum absolute atomic E-state index is 4.51. The largest absolute Gasteiger partial charge is 0.345 e. The molecule has 0 unspecified atom stereocenters. The molecule has 0 saturated carbocycles. The number of fused-ring (bicyclic) bond motifs is 1. The summed E-state index contributed by atoms with van der Waals surface area (Å²) in [7, 11) is 0. The molecule has 0 aliphatic rings. The highest BCUT2D eigenvalue weighted by Crippen LogP contribution is 2.17. The first-order chi connectivity index (χ1) is 7.43. The Labute approximate surface area is 86.8 Å². The standard InChI is InChI=1S/C12H9N3/c1-2-4-9(5-3-1)11-8-14-12-10(15-11)6-7-13-12/h1-8H,(H,13,14). The van der Waals surface area contributed by atoms with Gasteiger partial charge in [0.05, 0.1) is 11.9 Å². The molecule has 0 aliphatic heterocycles. The molecule has 1 aromatic carbocycles. The summed E-state index contributed by atoms with van der Waals surface area (Å²) in [6.07, 6.45) is 3.63. The lowest BCUT2D eigenvalue weighted by Gasteiger charge is -1.99. The summed E-state index contributed by atoms with van der Waals surface area (Å²) in [4.78, 5) is 11.8. The van der Waals surface area contributed by atoms with Gasteiger partial charge in [-0.2, -0.15) is 0 Å². The Morgan fingerprint density at radius 3 is 2.73 bits per heavy atom. The third kappa shape index (κ3) is 1.38. The Balaban J connectivity index is 2.19. The topological polar surface area (TPSA) is 41.6 Å².